The van der Waals surface area contributed by atoms with Crippen LogP contribution in [-0.2, 0) is 11.3 Å². The Bertz CT molecular complexity index is 801. The summed E-state index contributed by atoms with van der Waals surface area (Å²) >= 11 is 1.38. The summed E-state index contributed by atoms with van der Waals surface area (Å²) in [4.78, 5) is 29.8. The number of rotatable bonds is 5. The van der Waals surface area contributed by atoms with Crippen molar-refractivity contribution in [2.75, 3.05) is 19.6 Å². The van der Waals surface area contributed by atoms with Crippen LogP contribution in [0.25, 0.3) is 10.2 Å². The molecule has 0 spiro atoms. The maximum Gasteiger partial charge on any atom is 0.406 e. The Morgan fingerprint density at radius 3 is 2.92 bits per heavy atom. The van der Waals surface area contributed by atoms with Gasteiger partial charge in [0, 0.05) is 19.6 Å². The largest absolute Gasteiger partial charge is 0.406 e. The molecule has 3 heterocycles. The van der Waals surface area contributed by atoms with Crippen LogP contribution in [-0.4, -0.2) is 52.2 Å². The van der Waals surface area contributed by atoms with E-state index in [0.717, 1.165) is 4.90 Å². The third-order valence-electron chi connectivity index (χ3n) is 3.86. The molecule has 10 heteroatoms. The van der Waals surface area contributed by atoms with E-state index in [4.69, 9.17) is 0 Å². The molecule has 0 aliphatic carbocycles. The zero-order chi connectivity index (χ0) is 17.3. The molecule has 24 heavy (non-hydrogen) atoms. The number of carbonyl (C=O) groups excluding carboxylic acids is 1. The molecule has 1 saturated heterocycles. The Morgan fingerprint density at radius 2 is 2.17 bits per heavy atom. The first kappa shape index (κ1) is 16.9. The van der Waals surface area contributed by atoms with Crippen molar-refractivity contribution >= 4 is 27.5 Å². The molecule has 130 valence electrons. The molecule has 2 aromatic rings. The van der Waals surface area contributed by atoms with E-state index in [1.165, 1.54) is 22.2 Å². The zero-order valence-electron chi connectivity index (χ0n) is 12.5. The van der Waals surface area contributed by atoms with Crippen molar-refractivity contribution < 1.29 is 18.0 Å². The lowest BCUT2D eigenvalue weighted by Crippen LogP contribution is -2.42. The Kier molecular flexibility index (Phi) is 4.59. The second kappa shape index (κ2) is 6.52. The van der Waals surface area contributed by atoms with Gasteiger partial charge in [-0.2, -0.15) is 13.2 Å². The number of hydrogen-bond acceptors (Lipinski definition) is 5. The normalized spacial score (nSPS) is 18.7. The Morgan fingerprint density at radius 1 is 1.38 bits per heavy atom. The molecule has 1 aliphatic rings. The van der Waals surface area contributed by atoms with Gasteiger partial charge < -0.3 is 10.2 Å². The summed E-state index contributed by atoms with van der Waals surface area (Å²) in [5, 5.41) is 5.24. The fourth-order valence-corrected chi connectivity index (χ4v) is 3.44. The molecule has 6 nitrogen and oxygen atoms in total. The van der Waals surface area contributed by atoms with Gasteiger partial charge >= 0.3 is 6.18 Å². The first-order valence-electron chi connectivity index (χ1n) is 7.37. The van der Waals surface area contributed by atoms with E-state index in [1.807, 2.05) is 0 Å². The fraction of sp³-hybridized carbons (Fsp3) is 0.500. The maximum absolute atomic E-state index is 12.4. The van der Waals surface area contributed by atoms with E-state index in [1.54, 1.807) is 11.4 Å². The summed E-state index contributed by atoms with van der Waals surface area (Å²) in [6.45, 7) is -0.547. The second-order valence-electron chi connectivity index (χ2n) is 5.55. The van der Waals surface area contributed by atoms with Crippen LogP contribution in [0.2, 0.25) is 0 Å². The van der Waals surface area contributed by atoms with Gasteiger partial charge in [-0.15, -0.1) is 11.3 Å². The summed E-state index contributed by atoms with van der Waals surface area (Å²) in [7, 11) is 0. The molecule has 1 N–H and O–H groups in total. The molecular formula is C14H15F3N4O2S. The first-order valence-corrected chi connectivity index (χ1v) is 8.25. The molecule has 1 fully saturated rings. The summed E-state index contributed by atoms with van der Waals surface area (Å²) in [5.41, 5.74) is -0.167. The van der Waals surface area contributed by atoms with Gasteiger partial charge in [0.1, 0.15) is 11.4 Å². The summed E-state index contributed by atoms with van der Waals surface area (Å²) in [6.07, 6.45) is -2.62. The number of likely N-dealkylation sites (tertiary alicyclic amines) is 1. The minimum Gasteiger partial charge on any atom is -0.332 e. The number of halogens is 3. The third kappa shape index (κ3) is 3.59. The zero-order valence-corrected chi connectivity index (χ0v) is 13.4. The highest BCUT2D eigenvalue weighted by atomic mass is 32.1. The Balaban J connectivity index is 1.56. The van der Waals surface area contributed by atoms with Gasteiger partial charge in [0.2, 0.25) is 5.91 Å². The maximum atomic E-state index is 12.4. The lowest BCUT2D eigenvalue weighted by molar-refractivity contribution is -0.158. The third-order valence-corrected chi connectivity index (χ3v) is 4.68. The molecule has 0 aromatic carbocycles. The highest BCUT2D eigenvalue weighted by molar-refractivity contribution is 7.16. The van der Waals surface area contributed by atoms with E-state index in [9.17, 15) is 22.8 Å². The monoisotopic (exact) mass is 360 g/mol. The quantitative estimate of drug-likeness (QED) is 0.870. The smallest absolute Gasteiger partial charge is 0.332 e. The SMILES string of the molecule is O=C1C(NCCn2cnc3sccc3c2=O)CCN1CC(F)(F)F. The lowest BCUT2D eigenvalue weighted by Gasteiger charge is -2.18. The number of amides is 1. The van der Waals surface area contributed by atoms with Crippen LogP contribution < -0.4 is 10.9 Å². The summed E-state index contributed by atoms with van der Waals surface area (Å²) in [6, 6.07) is 1.07. The van der Waals surface area contributed by atoms with Crippen molar-refractivity contribution in [2.24, 2.45) is 0 Å². The van der Waals surface area contributed by atoms with Crippen molar-refractivity contribution in [2.45, 2.75) is 25.2 Å². The van der Waals surface area contributed by atoms with E-state index in [0.29, 0.717) is 29.7 Å². The van der Waals surface area contributed by atoms with Crippen LogP contribution in [0.5, 0.6) is 0 Å². The van der Waals surface area contributed by atoms with E-state index in [-0.39, 0.29) is 12.1 Å². The molecule has 0 radical (unpaired) electrons. The Hall–Kier alpha value is -1.94. The highest BCUT2D eigenvalue weighted by Crippen LogP contribution is 2.20. The number of carbonyl (C=O) groups is 1. The number of thiophene rings is 1. The lowest BCUT2D eigenvalue weighted by atomic mass is 10.2. The fourth-order valence-electron chi connectivity index (χ4n) is 2.71. The van der Waals surface area contributed by atoms with Gasteiger partial charge in [-0.05, 0) is 17.9 Å². The minimum absolute atomic E-state index is 0.0817. The number of nitrogens with one attached hydrogen (secondary N) is 1. The molecule has 1 atom stereocenters. The molecule has 3 rings (SSSR count). The average molecular weight is 360 g/mol. The molecule has 0 bridgehead atoms. The minimum atomic E-state index is -4.39. The van der Waals surface area contributed by atoms with Crippen molar-refractivity contribution in [3.8, 4) is 0 Å². The topological polar surface area (TPSA) is 67.2 Å². The number of alkyl halides is 3. The Labute approximate surface area is 138 Å². The molecule has 1 unspecified atom stereocenters. The van der Waals surface area contributed by atoms with Gasteiger partial charge in [0.05, 0.1) is 17.8 Å². The van der Waals surface area contributed by atoms with E-state index < -0.39 is 24.7 Å². The first-order chi connectivity index (χ1) is 11.3. The predicted octanol–water partition coefficient (Wildman–Crippen LogP) is 1.21. The van der Waals surface area contributed by atoms with Crippen LogP contribution in [0, 0.1) is 0 Å². The predicted molar refractivity (Wildman–Crippen MR) is 82.9 cm³/mol. The van der Waals surface area contributed by atoms with Crippen molar-refractivity contribution in [3.05, 3.63) is 28.1 Å². The van der Waals surface area contributed by atoms with Crippen LogP contribution in [0.1, 0.15) is 6.42 Å². The molecular weight excluding hydrogens is 345 g/mol. The van der Waals surface area contributed by atoms with Crippen molar-refractivity contribution in [3.63, 3.8) is 0 Å². The standard InChI is InChI=1S/C14H15F3N4O2S/c15-14(16,17)7-20-4-1-10(13(20)23)18-3-5-21-8-19-11-9(12(21)22)2-6-24-11/h2,6,8,10,18H,1,3-5,7H2. The number of aromatic nitrogens is 2. The van der Waals surface area contributed by atoms with Gasteiger partial charge in [-0.25, -0.2) is 4.98 Å². The van der Waals surface area contributed by atoms with Crippen LogP contribution >= 0.6 is 11.3 Å². The van der Waals surface area contributed by atoms with Crippen LogP contribution in [0.3, 0.4) is 0 Å². The van der Waals surface area contributed by atoms with Crippen molar-refractivity contribution in [1.82, 2.24) is 19.8 Å². The number of hydrogen-bond donors (Lipinski definition) is 1. The van der Waals surface area contributed by atoms with Gasteiger partial charge in [0.15, 0.2) is 0 Å². The summed E-state index contributed by atoms with van der Waals surface area (Å²) in [5.74, 6) is -0.550. The number of nitrogens with zero attached hydrogens (tertiary/aromatic N) is 3. The van der Waals surface area contributed by atoms with E-state index in [2.05, 4.69) is 10.3 Å². The van der Waals surface area contributed by atoms with Crippen molar-refractivity contribution in [1.29, 1.82) is 0 Å². The molecule has 0 saturated carbocycles. The van der Waals surface area contributed by atoms with Gasteiger partial charge in [-0.1, -0.05) is 0 Å². The molecule has 1 amide bonds. The summed E-state index contributed by atoms with van der Waals surface area (Å²) < 4.78 is 38.5. The van der Waals surface area contributed by atoms with E-state index >= 15 is 0 Å². The van der Waals surface area contributed by atoms with Gasteiger partial charge in [-0.3, -0.25) is 14.2 Å². The number of fused-ring (bicyclic) bond motifs is 1. The van der Waals surface area contributed by atoms with Crippen LogP contribution in [0.15, 0.2) is 22.6 Å². The molecule has 1 aliphatic heterocycles. The van der Waals surface area contributed by atoms with Crippen LogP contribution in [0.4, 0.5) is 13.2 Å². The highest BCUT2D eigenvalue weighted by Gasteiger charge is 2.38. The average Bonchev–Trinajstić information content (AvgIpc) is 3.10. The molecule has 2 aromatic heterocycles. The van der Waals surface area contributed by atoms with Gasteiger partial charge in [0.25, 0.3) is 5.56 Å². The second-order valence-corrected chi connectivity index (χ2v) is 6.45.